The van der Waals surface area contributed by atoms with Gasteiger partial charge in [-0.15, -0.1) is 0 Å². The summed E-state index contributed by atoms with van der Waals surface area (Å²) in [7, 11) is 0. The van der Waals surface area contributed by atoms with Crippen LogP contribution < -0.4 is 20.9 Å². The molecule has 2 aliphatic carbocycles. The van der Waals surface area contributed by atoms with Gasteiger partial charge < -0.3 is 20.9 Å². The fourth-order valence-electron chi connectivity index (χ4n) is 3.86. The quantitative estimate of drug-likeness (QED) is 0.688. The molecule has 1 aromatic heterocycles. The lowest BCUT2D eigenvalue weighted by Crippen LogP contribution is -2.31. The maximum atomic E-state index is 11.7. The maximum Gasteiger partial charge on any atom is 0.267 e. The minimum Gasteiger partial charge on any atom is -0.486 e. The van der Waals surface area contributed by atoms with Crippen LogP contribution >= 0.6 is 0 Å². The van der Waals surface area contributed by atoms with Gasteiger partial charge in [-0.2, -0.15) is 4.98 Å². The van der Waals surface area contributed by atoms with E-state index in [-0.39, 0.29) is 29.4 Å². The lowest BCUT2D eigenvalue weighted by molar-refractivity contribution is -0.124. The summed E-state index contributed by atoms with van der Waals surface area (Å²) in [5.74, 6) is -0.176. The number of hydrogen-bond donors (Lipinski definition) is 2. The van der Waals surface area contributed by atoms with Gasteiger partial charge in [-0.25, -0.2) is 4.98 Å². The number of allylic oxidation sites excluding steroid dienone is 2. The van der Waals surface area contributed by atoms with Crippen LogP contribution in [-0.4, -0.2) is 34.0 Å². The molecule has 0 saturated carbocycles. The van der Waals surface area contributed by atoms with E-state index in [1.165, 1.54) is 30.5 Å². The highest BCUT2D eigenvalue weighted by Crippen LogP contribution is 2.30. The average Bonchev–Trinajstić information content (AvgIpc) is 3.22. The van der Waals surface area contributed by atoms with Gasteiger partial charge in [-0.05, 0) is 55.5 Å². The summed E-state index contributed by atoms with van der Waals surface area (Å²) in [6, 6.07) is 7.59. The second-order valence-corrected chi connectivity index (χ2v) is 8.15. The van der Waals surface area contributed by atoms with E-state index in [4.69, 9.17) is 20.9 Å². The van der Waals surface area contributed by atoms with Crippen LogP contribution in [0.4, 0.5) is 0 Å². The number of carbonyl (C=O) groups is 2. The van der Waals surface area contributed by atoms with Gasteiger partial charge >= 0.3 is 0 Å². The number of carbonyl (C=O) groups excluding carboxylic acids is 2. The summed E-state index contributed by atoms with van der Waals surface area (Å²) >= 11 is 0. The minimum absolute atomic E-state index is 0.0138. The number of amides is 2. The highest BCUT2D eigenvalue weighted by atomic mass is 16.5. The number of aromatic nitrogens is 2. The van der Waals surface area contributed by atoms with Crippen molar-refractivity contribution >= 4 is 17.4 Å². The van der Waals surface area contributed by atoms with Crippen LogP contribution in [0.2, 0.25) is 0 Å². The number of nitrogens with zero attached hydrogens (tertiary/aromatic N) is 2. The third-order valence-corrected chi connectivity index (χ3v) is 5.68. The normalized spacial score (nSPS) is 20.2. The van der Waals surface area contributed by atoms with Crippen LogP contribution in [0.25, 0.3) is 5.57 Å². The van der Waals surface area contributed by atoms with Crippen LogP contribution in [0.5, 0.6) is 11.6 Å². The molecule has 1 heterocycles. The topological polar surface area (TPSA) is 130 Å². The largest absolute Gasteiger partial charge is 0.486 e. The summed E-state index contributed by atoms with van der Waals surface area (Å²) in [5, 5.41) is 0. The molecule has 166 valence electrons. The zero-order chi connectivity index (χ0) is 22.8. The molecule has 2 amide bonds. The number of primary amides is 2. The molecule has 8 heteroatoms. The monoisotopic (exact) mass is 434 g/mol. The molecule has 3 unspecified atom stereocenters. The van der Waals surface area contributed by atoms with Crippen LogP contribution in [0.15, 0.2) is 42.5 Å². The van der Waals surface area contributed by atoms with Crippen LogP contribution in [0.1, 0.15) is 47.7 Å². The van der Waals surface area contributed by atoms with E-state index in [0.717, 1.165) is 18.6 Å². The highest BCUT2D eigenvalue weighted by Gasteiger charge is 2.23. The Kier molecular flexibility index (Phi) is 5.94. The first-order chi connectivity index (χ1) is 15.3. The van der Waals surface area contributed by atoms with E-state index in [9.17, 15) is 9.59 Å². The number of nitrogens with two attached hydrogens (primary N) is 2. The van der Waals surface area contributed by atoms with Crippen molar-refractivity contribution < 1.29 is 19.1 Å². The smallest absolute Gasteiger partial charge is 0.267 e. The Hall–Kier alpha value is -3.68. The third-order valence-electron chi connectivity index (χ3n) is 5.68. The Labute approximate surface area is 186 Å². The Morgan fingerprint density at radius 2 is 1.91 bits per heavy atom. The van der Waals surface area contributed by atoms with Gasteiger partial charge in [0, 0.05) is 17.6 Å². The van der Waals surface area contributed by atoms with E-state index >= 15 is 0 Å². The standard InChI is InChI=1S/C24H26N4O4/c1-13-10-17(7-9-20(13)32-18-8-6-15-4-3-5-16(15)11-18)24-27-19(23(26)30)12-21(28-24)31-14(2)22(25)29/h6-14,20H,3-5H2,1-2H3,(H2,25,29)(H2,26,30). The second-order valence-electron chi connectivity index (χ2n) is 8.15. The lowest BCUT2D eigenvalue weighted by atomic mass is 9.94. The number of fused-ring (bicyclic) bond motifs is 1. The molecule has 32 heavy (non-hydrogen) atoms. The zero-order valence-electron chi connectivity index (χ0n) is 18.1. The predicted molar refractivity (Wildman–Crippen MR) is 119 cm³/mol. The van der Waals surface area contributed by atoms with Gasteiger partial charge in [0.25, 0.3) is 11.8 Å². The van der Waals surface area contributed by atoms with Crippen molar-refractivity contribution in [1.82, 2.24) is 9.97 Å². The van der Waals surface area contributed by atoms with Crippen molar-refractivity contribution in [3.8, 4) is 11.6 Å². The van der Waals surface area contributed by atoms with E-state index in [0.29, 0.717) is 5.57 Å². The van der Waals surface area contributed by atoms with Gasteiger partial charge in [0.1, 0.15) is 17.5 Å². The molecule has 0 spiro atoms. The molecule has 0 radical (unpaired) electrons. The van der Waals surface area contributed by atoms with Crippen LogP contribution in [0, 0.1) is 5.92 Å². The second kappa shape index (κ2) is 8.82. The summed E-state index contributed by atoms with van der Waals surface area (Å²) < 4.78 is 11.7. The summed E-state index contributed by atoms with van der Waals surface area (Å²) in [6.45, 7) is 3.53. The highest BCUT2D eigenvalue weighted by molar-refractivity contribution is 5.91. The van der Waals surface area contributed by atoms with Crippen LogP contribution in [0.3, 0.4) is 0 Å². The van der Waals surface area contributed by atoms with Gasteiger partial charge in [0.2, 0.25) is 5.88 Å². The number of aryl methyl sites for hydroxylation is 2. The predicted octanol–water partition coefficient (Wildman–Crippen LogP) is 2.35. The van der Waals surface area contributed by atoms with Crippen molar-refractivity contribution in [1.29, 1.82) is 0 Å². The van der Waals surface area contributed by atoms with Gasteiger partial charge in [-0.1, -0.05) is 25.1 Å². The molecule has 0 bridgehead atoms. The van der Waals surface area contributed by atoms with E-state index in [2.05, 4.69) is 22.1 Å². The first kappa shape index (κ1) is 21.5. The molecular formula is C24H26N4O4. The summed E-state index contributed by atoms with van der Waals surface area (Å²) in [5.41, 5.74) is 14.1. The number of benzene rings is 1. The molecule has 8 nitrogen and oxygen atoms in total. The Balaban J connectivity index is 1.54. The SMILES string of the molecule is CC(Oc1cc(C(N)=O)nc(C2=CC(C)C(Oc3ccc4c(c3)CCC4)C=C2)n1)C(N)=O. The van der Waals surface area contributed by atoms with Crippen molar-refractivity contribution in [2.24, 2.45) is 17.4 Å². The molecule has 1 aromatic carbocycles. The number of rotatable bonds is 7. The third kappa shape index (κ3) is 4.64. The first-order valence-electron chi connectivity index (χ1n) is 10.6. The van der Waals surface area contributed by atoms with Crippen molar-refractivity contribution in [2.45, 2.75) is 45.3 Å². The summed E-state index contributed by atoms with van der Waals surface area (Å²) in [6.07, 6.45) is 8.12. The fourth-order valence-corrected chi connectivity index (χ4v) is 3.86. The zero-order valence-corrected chi connectivity index (χ0v) is 18.1. The first-order valence-corrected chi connectivity index (χ1v) is 10.6. The molecule has 0 fully saturated rings. The minimum atomic E-state index is -0.918. The van der Waals surface area contributed by atoms with Gasteiger partial charge in [0.05, 0.1) is 0 Å². The Bertz CT molecular complexity index is 1120. The van der Waals surface area contributed by atoms with E-state index in [1.807, 2.05) is 31.2 Å². The molecule has 3 atom stereocenters. The van der Waals surface area contributed by atoms with Crippen LogP contribution in [-0.2, 0) is 17.6 Å². The molecule has 4 N–H and O–H groups in total. The molecule has 2 aromatic rings. The Morgan fingerprint density at radius 1 is 1.12 bits per heavy atom. The fraction of sp³-hybridized carbons (Fsp3) is 0.333. The summed E-state index contributed by atoms with van der Waals surface area (Å²) in [4.78, 5) is 31.6. The average molecular weight is 434 g/mol. The van der Waals surface area contributed by atoms with Crippen molar-refractivity contribution in [3.63, 3.8) is 0 Å². The van der Waals surface area contributed by atoms with Crippen molar-refractivity contribution in [3.05, 3.63) is 65.1 Å². The lowest BCUT2D eigenvalue weighted by Gasteiger charge is -2.24. The van der Waals surface area contributed by atoms with Crippen molar-refractivity contribution in [2.75, 3.05) is 0 Å². The molecule has 4 rings (SSSR count). The molecule has 0 saturated heterocycles. The van der Waals surface area contributed by atoms with Gasteiger partial charge in [0.15, 0.2) is 11.9 Å². The number of ether oxygens (including phenoxy) is 2. The van der Waals surface area contributed by atoms with E-state index < -0.39 is 17.9 Å². The maximum absolute atomic E-state index is 11.7. The molecule has 2 aliphatic rings. The molecule has 0 aliphatic heterocycles. The molecular weight excluding hydrogens is 408 g/mol. The van der Waals surface area contributed by atoms with E-state index in [1.54, 1.807) is 0 Å². The number of hydrogen-bond acceptors (Lipinski definition) is 6. The van der Waals surface area contributed by atoms with Gasteiger partial charge in [-0.3, -0.25) is 9.59 Å². The Morgan fingerprint density at radius 3 is 2.62 bits per heavy atom.